The third-order valence-electron chi connectivity index (χ3n) is 2.20. The molecule has 1 heterocycles. The zero-order valence-electron chi connectivity index (χ0n) is 11.2. The molecule has 0 aliphatic carbocycles. The van der Waals surface area contributed by atoms with E-state index in [0.717, 1.165) is 18.8 Å². The fourth-order valence-corrected chi connectivity index (χ4v) is 1.88. The van der Waals surface area contributed by atoms with E-state index < -0.39 is 19.1 Å². The van der Waals surface area contributed by atoms with Crippen LogP contribution >= 0.6 is 7.82 Å². The number of hydrogen-bond acceptors (Lipinski definition) is 8. The highest BCUT2D eigenvalue weighted by molar-refractivity contribution is 7.48. The normalized spacial score (nSPS) is 11.2. The van der Waals surface area contributed by atoms with Crippen LogP contribution in [-0.2, 0) is 20.7 Å². The molecule has 19 heavy (non-hydrogen) atoms. The fourth-order valence-electron chi connectivity index (χ4n) is 1.20. The van der Waals surface area contributed by atoms with Gasteiger partial charge >= 0.3 is 19.4 Å². The van der Waals surface area contributed by atoms with Gasteiger partial charge in [-0.25, -0.2) is 4.57 Å². The Hall–Kier alpha value is -1.57. The highest BCUT2D eigenvalue weighted by Crippen LogP contribution is 2.48. The summed E-state index contributed by atoms with van der Waals surface area (Å²) in [4.78, 5) is 15.9. The van der Waals surface area contributed by atoms with Gasteiger partial charge in [-0.2, -0.15) is 4.98 Å². The van der Waals surface area contributed by atoms with E-state index in [1.165, 1.54) is 21.3 Å². The Labute approximate surface area is 109 Å². The Morgan fingerprint density at radius 3 is 2.11 bits per heavy atom. The van der Waals surface area contributed by atoms with Gasteiger partial charge in [0.05, 0.1) is 14.2 Å². The number of ether oxygens (including phenoxy) is 2. The second-order valence-corrected chi connectivity index (χ2v) is 5.01. The monoisotopic (exact) mass is 294 g/mol. The number of rotatable bonds is 6. The molecule has 0 N–H and O–H groups in total. The predicted octanol–water partition coefficient (Wildman–Crippen LogP) is 0.577. The first-order valence-electron chi connectivity index (χ1n) is 5.02. The lowest BCUT2D eigenvalue weighted by Gasteiger charge is -2.16. The molecular formula is C9H15N2O7P. The van der Waals surface area contributed by atoms with Crippen LogP contribution in [0.15, 0.2) is 4.79 Å². The molecule has 9 nitrogen and oxygen atoms in total. The molecule has 0 aromatic carbocycles. The largest absolute Gasteiger partial charge is 0.529 e. The summed E-state index contributed by atoms with van der Waals surface area (Å²) in [6.45, 7) is 0. The summed E-state index contributed by atoms with van der Waals surface area (Å²) in [7, 11) is 2.39. The smallest absolute Gasteiger partial charge is 0.478 e. The number of methoxy groups -OCH3 is 2. The Kier molecular flexibility index (Phi) is 4.93. The van der Waals surface area contributed by atoms with Gasteiger partial charge in [-0.15, -0.1) is 0 Å². The van der Waals surface area contributed by atoms with Gasteiger partial charge < -0.3 is 14.0 Å². The second kappa shape index (κ2) is 6.05. The third-order valence-corrected chi connectivity index (χ3v) is 3.50. The molecule has 0 bridgehead atoms. The Morgan fingerprint density at radius 1 is 1.11 bits per heavy atom. The summed E-state index contributed by atoms with van der Waals surface area (Å²) in [5.74, 6) is -0.577. The molecule has 1 aromatic rings. The SMILES string of the molecule is COc1nc(OC)n(C)c(=O)c1OP(=O)(OC)OC. The van der Waals surface area contributed by atoms with E-state index in [2.05, 4.69) is 14.0 Å². The molecule has 0 aliphatic rings. The topological polar surface area (TPSA) is 98.1 Å². The molecule has 0 amide bonds. The van der Waals surface area contributed by atoms with Gasteiger partial charge in [0, 0.05) is 21.3 Å². The van der Waals surface area contributed by atoms with Gasteiger partial charge in [0.1, 0.15) is 0 Å². The summed E-state index contributed by atoms with van der Waals surface area (Å²) in [5.41, 5.74) is -0.655. The van der Waals surface area contributed by atoms with Crippen LogP contribution < -0.4 is 19.6 Å². The molecule has 1 rings (SSSR count). The molecule has 0 radical (unpaired) electrons. The summed E-state index contributed by atoms with van der Waals surface area (Å²) >= 11 is 0. The van der Waals surface area contributed by atoms with Crippen LogP contribution in [0.5, 0.6) is 17.6 Å². The van der Waals surface area contributed by atoms with Crippen LogP contribution in [0.25, 0.3) is 0 Å². The molecule has 0 aliphatic heterocycles. The number of nitrogens with zero attached hydrogens (tertiary/aromatic N) is 2. The van der Waals surface area contributed by atoms with E-state index in [1.807, 2.05) is 0 Å². The lowest BCUT2D eigenvalue weighted by molar-refractivity contribution is 0.205. The lowest BCUT2D eigenvalue weighted by Crippen LogP contribution is -2.22. The summed E-state index contributed by atoms with van der Waals surface area (Å²) in [5, 5.41) is 0. The van der Waals surface area contributed by atoms with E-state index in [0.29, 0.717) is 0 Å². The van der Waals surface area contributed by atoms with Crippen LogP contribution in [0.3, 0.4) is 0 Å². The van der Waals surface area contributed by atoms with Crippen molar-refractivity contribution >= 4 is 7.82 Å². The second-order valence-electron chi connectivity index (χ2n) is 3.20. The standard InChI is InChI=1S/C9H15N2O7P/c1-11-8(12)6(18-19(13,16-4)17-5)7(14-2)10-9(11)15-3/h1-5H3. The number of hydrogen-bond donors (Lipinski definition) is 0. The van der Waals surface area contributed by atoms with Gasteiger partial charge in [-0.05, 0) is 0 Å². The van der Waals surface area contributed by atoms with Crippen molar-refractivity contribution in [1.29, 1.82) is 0 Å². The van der Waals surface area contributed by atoms with Crippen molar-refractivity contribution in [2.45, 2.75) is 0 Å². The molecule has 0 atom stereocenters. The Morgan fingerprint density at radius 2 is 1.68 bits per heavy atom. The first-order valence-corrected chi connectivity index (χ1v) is 6.48. The van der Waals surface area contributed by atoms with Crippen molar-refractivity contribution in [1.82, 2.24) is 9.55 Å². The maximum absolute atomic E-state index is 12.0. The summed E-state index contributed by atoms with van der Waals surface area (Å²) in [6.07, 6.45) is 0. The third kappa shape index (κ3) is 3.06. The van der Waals surface area contributed by atoms with Crippen LogP contribution in [0.1, 0.15) is 0 Å². The number of phosphoric ester groups is 1. The number of phosphoric acid groups is 1. The maximum atomic E-state index is 12.0. The minimum atomic E-state index is -3.89. The molecule has 0 saturated heterocycles. The van der Waals surface area contributed by atoms with Crippen molar-refractivity contribution in [3.05, 3.63) is 10.4 Å². The molecular weight excluding hydrogens is 279 g/mol. The maximum Gasteiger partial charge on any atom is 0.529 e. The zero-order valence-corrected chi connectivity index (χ0v) is 12.1. The van der Waals surface area contributed by atoms with E-state index in [-0.39, 0.29) is 11.9 Å². The van der Waals surface area contributed by atoms with Gasteiger partial charge in [0.15, 0.2) is 0 Å². The van der Waals surface area contributed by atoms with E-state index in [1.54, 1.807) is 0 Å². The minimum Gasteiger partial charge on any atom is -0.478 e. The molecule has 0 fully saturated rings. The molecule has 10 heteroatoms. The predicted molar refractivity (Wildman–Crippen MR) is 64.8 cm³/mol. The molecule has 1 aromatic heterocycles. The number of aromatic nitrogens is 2. The van der Waals surface area contributed by atoms with Crippen molar-refractivity contribution in [3.8, 4) is 17.6 Å². The highest BCUT2D eigenvalue weighted by Gasteiger charge is 2.30. The highest BCUT2D eigenvalue weighted by atomic mass is 31.2. The molecule has 0 saturated carbocycles. The Bertz CT molecular complexity index is 548. The van der Waals surface area contributed by atoms with Crippen LogP contribution in [0, 0.1) is 0 Å². The van der Waals surface area contributed by atoms with E-state index in [4.69, 9.17) is 14.0 Å². The van der Waals surface area contributed by atoms with Crippen molar-refractivity contribution < 1.29 is 27.6 Å². The van der Waals surface area contributed by atoms with Crippen molar-refractivity contribution in [3.63, 3.8) is 0 Å². The van der Waals surface area contributed by atoms with Gasteiger partial charge in [-0.1, -0.05) is 0 Å². The minimum absolute atomic E-state index is 0.0128. The summed E-state index contributed by atoms with van der Waals surface area (Å²) < 4.78 is 36.9. The van der Waals surface area contributed by atoms with Crippen LogP contribution in [0.2, 0.25) is 0 Å². The van der Waals surface area contributed by atoms with Gasteiger partial charge in [0.25, 0.3) is 11.6 Å². The molecule has 0 spiro atoms. The van der Waals surface area contributed by atoms with Gasteiger partial charge in [-0.3, -0.25) is 18.4 Å². The quantitative estimate of drug-likeness (QED) is 0.702. The molecule has 108 valence electrons. The lowest BCUT2D eigenvalue weighted by atomic mass is 10.5. The summed E-state index contributed by atoms with van der Waals surface area (Å²) in [6, 6.07) is 0.0128. The zero-order chi connectivity index (χ0) is 14.6. The fraction of sp³-hybridized carbons (Fsp3) is 0.556. The van der Waals surface area contributed by atoms with Crippen molar-refractivity contribution in [2.24, 2.45) is 7.05 Å². The van der Waals surface area contributed by atoms with E-state index in [9.17, 15) is 9.36 Å². The Balaban J connectivity index is 3.39. The first-order chi connectivity index (χ1) is 8.92. The van der Waals surface area contributed by atoms with E-state index >= 15 is 0 Å². The average molecular weight is 294 g/mol. The molecule has 0 unspecified atom stereocenters. The van der Waals surface area contributed by atoms with Crippen molar-refractivity contribution in [2.75, 3.05) is 28.4 Å². The van der Waals surface area contributed by atoms with Gasteiger partial charge in [0.2, 0.25) is 0 Å². The van der Waals surface area contributed by atoms with Crippen LogP contribution in [-0.4, -0.2) is 38.0 Å². The van der Waals surface area contributed by atoms with Crippen LogP contribution in [0.4, 0.5) is 0 Å². The first kappa shape index (κ1) is 15.5. The average Bonchev–Trinajstić information content (AvgIpc) is 2.44.